The number of nitrogens with one attached hydrogen (secondary N) is 2. The topological polar surface area (TPSA) is 88.9 Å². The molecule has 0 spiro atoms. The average Bonchev–Trinajstić information content (AvgIpc) is 2.88. The van der Waals surface area contributed by atoms with Gasteiger partial charge in [0.05, 0.1) is 10.3 Å². The maximum Gasteiger partial charge on any atom is 0.321 e. The molecule has 1 aromatic carbocycles. The summed E-state index contributed by atoms with van der Waals surface area (Å²) < 4.78 is 1.76. The van der Waals surface area contributed by atoms with Crippen molar-refractivity contribution in [1.29, 1.82) is 0 Å². The highest BCUT2D eigenvalue weighted by molar-refractivity contribution is 8.00. The van der Waals surface area contributed by atoms with Gasteiger partial charge in [0.2, 0.25) is 5.91 Å². The lowest BCUT2D eigenvalue weighted by Gasteiger charge is -2.10. The molecule has 2 N–H and O–H groups in total. The smallest absolute Gasteiger partial charge is 0.321 e. The molecule has 7 nitrogen and oxygen atoms in total. The largest absolute Gasteiger partial charge is 0.341 e. The predicted octanol–water partition coefficient (Wildman–Crippen LogP) is 2.07. The molecule has 0 fully saturated rings. The van der Waals surface area contributed by atoms with Crippen LogP contribution in [-0.2, 0) is 11.8 Å². The summed E-state index contributed by atoms with van der Waals surface area (Å²) in [5.74, 6) is 0.202. The first-order valence-corrected chi connectivity index (χ1v) is 8.03. The zero-order valence-electron chi connectivity index (χ0n) is 12.8. The number of imide groups is 1. The van der Waals surface area contributed by atoms with E-state index in [0.717, 1.165) is 5.56 Å². The van der Waals surface area contributed by atoms with E-state index in [1.165, 1.54) is 18.8 Å². The summed E-state index contributed by atoms with van der Waals surface area (Å²) in [6, 6.07) is 6.78. The van der Waals surface area contributed by atoms with Gasteiger partial charge in [-0.25, -0.2) is 4.79 Å². The maximum absolute atomic E-state index is 11.9. The molecule has 122 valence electrons. The number of carbonyl (C=O) groups is 2. The second-order valence-corrected chi connectivity index (χ2v) is 6.39. The summed E-state index contributed by atoms with van der Waals surface area (Å²) in [5.41, 5.74) is 0.762. The first-order valence-electron chi connectivity index (χ1n) is 6.77. The first kappa shape index (κ1) is 17.3. The van der Waals surface area contributed by atoms with Gasteiger partial charge in [0.25, 0.3) is 0 Å². The Kier molecular flexibility index (Phi) is 5.62. The fourth-order valence-electron chi connectivity index (χ4n) is 1.78. The number of halogens is 1. The SMILES string of the molecule is CNC(=O)NC(=O)C(C)Sc1nnc(-c2ccccc2Cl)n1C. The summed E-state index contributed by atoms with van der Waals surface area (Å²) in [7, 11) is 3.24. The number of thioether (sulfide) groups is 1. The van der Waals surface area contributed by atoms with Gasteiger partial charge >= 0.3 is 6.03 Å². The van der Waals surface area contributed by atoms with E-state index >= 15 is 0 Å². The highest BCUT2D eigenvalue weighted by Crippen LogP contribution is 2.29. The van der Waals surface area contributed by atoms with Crippen molar-refractivity contribution in [2.45, 2.75) is 17.3 Å². The lowest BCUT2D eigenvalue weighted by atomic mass is 10.2. The summed E-state index contributed by atoms with van der Waals surface area (Å²) >= 11 is 7.38. The van der Waals surface area contributed by atoms with Crippen molar-refractivity contribution >= 4 is 35.3 Å². The van der Waals surface area contributed by atoms with Gasteiger partial charge in [-0.3, -0.25) is 10.1 Å². The minimum Gasteiger partial charge on any atom is -0.341 e. The molecule has 0 aliphatic heterocycles. The van der Waals surface area contributed by atoms with Crippen LogP contribution in [-0.4, -0.2) is 39.0 Å². The molecule has 0 saturated heterocycles. The van der Waals surface area contributed by atoms with Crippen molar-refractivity contribution in [2.75, 3.05) is 7.05 Å². The first-order chi connectivity index (χ1) is 10.9. The van der Waals surface area contributed by atoms with Crippen LogP contribution in [0.15, 0.2) is 29.4 Å². The Balaban J connectivity index is 2.15. The van der Waals surface area contributed by atoms with E-state index in [4.69, 9.17) is 11.6 Å². The van der Waals surface area contributed by atoms with E-state index in [1.54, 1.807) is 24.6 Å². The van der Waals surface area contributed by atoms with Crippen LogP contribution in [0, 0.1) is 0 Å². The molecule has 0 aliphatic carbocycles. The Hall–Kier alpha value is -2.06. The van der Waals surface area contributed by atoms with Gasteiger partial charge in [-0.2, -0.15) is 0 Å². The summed E-state index contributed by atoms with van der Waals surface area (Å²) in [6.07, 6.45) is 0. The molecule has 2 rings (SSSR count). The highest BCUT2D eigenvalue weighted by atomic mass is 35.5. The van der Waals surface area contributed by atoms with Crippen LogP contribution in [0.1, 0.15) is 6.92 Å². The molecule has 1 unspecified atom stereocenters. The van der Waals surface area contributed by atoms with Gasteiger partial charge in [0.1, 0.15) is 0 Å². The second kappa shape index (κ2) is 7.47. The minimum atomic E-state index is -0.544. The lowest BCUT2D eigenvalue weighted by Crippen LogP contribution is -2.41. The van der Waals surface area contributed by atoms with Gasteiger partial charge in [-0.1, -0.05) is 35.5 Å². The molecule has 0 aliphatic rings. The third kappa shape index (κ3) is 4.02. The van der Waals surface area contributed by atoms with Crippen LogP contribution in [0.4, 0.5) is 4.79 Å². The molecule has 0 saturated carbocycles. The number of rotatable bonds is 4. The maximum atomic E-state index is 11.9. The minimum absolute atomic E-state index is 0.406. The Morgan fingerprint density at radius 1 is 1.30 bits per heavy atom. The number of hydrogen-bond donors (Lipinski definition) is 2. The summed E-state index contributed by atoms with van der Waals surface area (Å²) in [6.45, 7) is 1.69. The van der Waals surface area contributed by atoms with Crippen LogP contribution in [0.5, 0.6) is 0 Å². The summed E-state index contributed by atoms with van der Waals surface area (Å²) in [4.78, 5) is 23.1. The van der Waals surface area contributed by atoms with Crippen molar-refractivity contribution in [3.63, 3.8) is 0 Å². The molecule has 3 amide bonds. The standard InChI is InChI=1S/C14H16ClN5O2S/c1-8(12(21)17-13(22)16-2)23-14-19-18-11(20(14)3)9-6-4-5-7-10(9)15/h4-8H,1-3H3,(H2,16,17,21,22). The number of amides is 3. The van der Waals surface area contributed by atoms with Crippen LogP contribution >= 0.6 is 23.4 Å². The van der Waals surface area contributed by atoms with E-state index in [-0.39, 0.29) is 0 Å². The molecule has 1 atom stereocenters. The van der Waals surface area contributed by atoms with E-state index in [2.05, 4.69) is 20.8 Å². The molecule has 1 heterocycles. The van der Waals surface area contributed by atoms with Crippen LogP contribution in [0.2, 0.25) is 5.02 Å². The molecular weight excluding hydrogens is 338 g/mol. The fraction of sp³-hybridized carbons (Fsp3) is 0.286. The van der Waals surface area contributed by atoms with Crippen molar-refractivity contribution in [2.24, 2.45) is 7.05 Å². The Morgan fingerprint density at radius 3 is 2.65 bits per heavy atom. The van der Waals surface area contributed by atoms with Crippen molar-refractivity contribution in [3.8, 4) is 11.4 Å². The molecule has 2 aromatic rings. The quantitative estimate of drug-likeness (QED) is 0.821. The number of aromatic nitrogens is 3. The van der Waals surface area contributed by atoms with Gasteiger partial charge < -0.3 is 9.88 Å². The fourth-order valence-corrected chi connectivity index (χ4v) is 2.82. The molecule has 9 heteroatoms. The molecular formula is C14H16ClN5O2S. The average molecular weight is 354 g/mol. The molecule has 0 radical (unpaired) electrons. The van der Waals surface area contributed by atoms with Gasteiger partial charge in [-0.05, 0) is 19.1 Å². The second-order valence-electron chi connectivity index (χ2n) is 4.67. The number of carbonyl (C=O) groups excluding carboxylic acids is 2. The van der Waals surface area contributed by atoms with Crippen molar-refractivity contribution < 1.29 is 9.59 Å². The van der Waals surface area contributed by atoms with Gasteiger partial charge in [0, 0.05) is 19.7 Å². The lowest BCUT2D eigenvalue weighted by molar-refractivity contribution is -0.119. The van der Waals surface area contributed by atoms with E-state index in [1.807, 2.05) is 18.2 Å². The van der Waals surface area contributed by atoms with E-state index in [0.29, 0.717) is 16.0 Å². The molecule has 23 heavy (non-hydrogen) atoms. The summed E-state index contributed by atoms with van der Waals surface area (Å²) in [5, 5.41) is 13.4. The van der Waals surface area contributed by atoms with E-state index in [9.17, 15) is 9.59 Å². The molecule has 0 bridgehead atoms. The van der Waals surface area contributed by atoms with Crippen LogP contribution in [0.25, 0.3) is 11.4 Å². The number of benzene rings is 1. The Labute approximate surface area is 142 Å². The number of urea groups is 1. The Morgan fingerprint density at radius 2 is 2.00 bits per heavy atom. The predicted molar refractivity (Wildman–Crippen MR) is 89.4 cm³/mol. The highest BCUT2D eigenvalue weighted by Gasteiger charge is 2.21. The third-order valence-corrected chi connectivity index (χ3v) is 4.53. The van der Waals surface area contributed by atoms with E-state index < -0.39 is 17.2 Å². The monoisotopic (exact) mass is 353 g/mol. The van der Waals surface area contributed by atoms with Gasteiger partial charge in [0.15, 0.2) is 11.0 Å². The Bertz CT molecular complexity index is 734. The van der Waals surface area contributed by atoms with Gasteiger partial charge in [-0.15, -0.1) is 10.2 Å². The molecule has 1 aromatic heterocycles. The number of nitrogens with zero attached hydrogens (tertiary/aromatic N) is 3. The van der Waals surface area contributed by atoms with Crippen LogP contribution in [0.3, 0.4) is 0 Å². The normalized spacial score (nSPS) is 11.8. The zero-order chi connectivity index (χ0) is 17.0. The van der Waals surface area contributed by atoms with Crippen LogP contribution < -0.4 is 10.6 Å². The van der Waals surface area contributed by atoms with Crippen molar-refractivity contribution in [1.82, 2.24) is 25.4 Å². The zero-order valence-corrected chi connectivity index (χ0v) is 14.4. The third-order valence-electron chi connectivity index (χ3n) is 3.06. The number of hydrogen-bond acceptors (Lipinski definition) is 5. The van der Waals surface area contributed by atoms with Crippen molar-refractivity contribution in [3.05, 3.63) is 29.3 Å².